The molecular weight excluding hydrogens is 474 g/mol. The van der Waals surface area contributed by atoms with Gasteiger partial charge in [0.1, 0.15) is 11.4 Å². The molecule has 1 fully saturated rings. The summed E-state index contributed by atoms with van der Waals surface area (Å²) < 4.78 is 24.2. The zero-order chi connectivity index (χ0) is 24.5. The Morgan fingerprint density at radius 3 is 2.68 bits per heavy atom. The summed E-state index contributed by atoms with van der Waals surface area (Å²) in [5, 5.41) is 1.47. The van der Waals surface area contributed by atoms with Gasteiger partial charge in [-0.05, 0) is 57.7 Å². The highest BCUT2D eigenvalue weighted by atomic mass is 35.5. The van der Waals surface area contributed by atoms with Gasteiger partial charge in [0.25, 0.3) is 0 Å². The van der Waals surface area contributed by atoms with E-state index in [2.05, 4.69) is 9.97 Å². The Morgan fingerprint density at radius 2 is 2.00 bits per heavy atom. The third kappa shape index (κ3) is 5.39. The molecule has 1 amide bonds. The quantitative estimate of drug-likeness (QED) is 0.486. The van der Waals surface area contributed by atoms with Gasteiger partial charge < -0.3 is 19.4 Å². The van der Waals surface area contributed by atoms with Crippen LogP contribution in [0.1, 0.15) is 33.6 Å². The molecule has 1 unspecified atom stereocenters. The minimum atomic E-state index is -1.20. The SMILES string of the molecule is COc1ccc(Cl)c2[nH]cc(-c3cncc(S(=O)CC4CCN(C(=O)OC(C)(C)C)CC4)c3)c12. The molecule has 1 aliphatic heterocycles. The minimum absolute atomic E-state index is 0.273. The molecule has 3 heterocycles. The van der Waals surface area contributed by atoms with Crippen LogP contribution in [0.4, 0.5) is 4.79 Å². The number of H-pyrrole nitrogens is 1. The van der Waals surface area contributed by atoms with Gasteiger partial charge in [-0.15, -0.1) is 0 Å². The van der Waals surface area contributed by atoms with Crippen molar-refractivity contribution in [3.8, 4) is 16.9 Å². The predicted molar refractivity (Wildman–Crippen MR) is 135 cm³/mol. The summed E-state index contributed by atoms with van der Waals surface area (Å²) in [6.07, 6.45) is 6.61. The minimum Gasteiger partial charge on any atom is -0.496 e. The third-order valence-electron chi connectivity index (χ3n) is 5.91. The van der Waals surface area contributed by atoms with Crippen molar-refractivity contribution in [3.63, 3.8) is 0 Å². The molecule has 0 radical (unpaired) electrons. The number of ether oxygens (including phenoxy) is 2. The van der Waals surface area contributed by atoms with Gasteiger partial charge >= 0.3 is 6.09 Å². The molecule has 7 nitrogen and oxygen atoms in total. The molecule has 1 saturated heterocycles. The molecule has 3 aromatic rings. The Kier molecular flexibility index (Phi) is 7.19. The van der Waals surface area contributed by atoms with Crippen LogP contribution < -0.4 is 4.74 Å². The first-order valence-corrected chi connectivity index (χ1v) is 13.0. The average Bonchev–Trinajstić information content (AvgIpc) is 3.25. The Hall–Kier alpha value is -2.58. The fourth-order valence-electron chi connectivity index (χ4n) is 4.19. The molecule has 0 spiro atoms. The highest BCUT2D eigenvalue weighted by molar-refractivity contribution is 7.85. The van der Waals surface area contributed by atoms with Gasteiger partial charge in [-0.3, -0.25) is 9.19 Å². The molecule has 1 N–H and O–H groups in total. The third-order valence-corrected chi connectivity index (χ3v) is 7.74. The number of carbonyl (C=O) groups is 1. The number of fused-ring (bicyclic) bond motifs is 1. The van der Waals surface area contributed by atoms with Crippen molar-refractivity contribution in [2.45, 2.75) is 44.1 Å². The van der Waals surface area contributed by atoms with Crippen molar-refractivity contribution < 1.29 is 18.5 Å². The maximum absolute atomic E-state index is 13.2. The number of amides is 1. The molecular formula is C25H30ClN3O4S. The summed E-state index contributed by atoms with van der Waals surface area (Å²) >= 11 is 6.35. The maximum Gasteiger partial charge on any atom is 0.410 e. The lowest BCUT2D eigenvalue weighted by Crippen LogP contribution is -2.42. The van der Waals surface area contributed by atoms with E-state index in [9.17, 15) is 9.00 Å². The summed E-state index contributed by atoms with van der Waals surface area (Å²) in [6, 6.07) is 5.55. The molecule has 9 heteroatoms. The first-order valence-electron chi connectivity index (χ1n) is 11.3. The second kappa shape index (κ2) is 9.96. The number of hydrogen-bond acceptors (Lipinski definition) is 5. The molecule has 0 aliphatic carbocycles. The molecule has 1 atom stereocenters. The van der Waals surface area contributed by atoms with Crippen molar-refractivity contribution in [2.75, 3.05) is 26.0 Å². The highest BCUT2D eigenvalue weighted by Crippen LogP contribution is 2.38. The van der Waals surface area contributed by atoms with Gasteiger partial charge in [0.05, 0.1) is 38.7 Å². The van der Waals surface area contributed by atoms with Crippen LogP contribution in [0.15, 0.2) is 41.7 Å². The average molecular weight is 504 g/mol. The first kappa shape index (κ1) is 24.5. The van der Waals surface area contributed by atoms with Crippen LogP contribution in [0.25, 0.3) is 22.0 Å². The van der Waals surface area contributed by atoms with Gasteiger partial charge in [-0.25, -0.2) is 4.79 Å². The molecule has 182 valence electrons. The smallest absolute Gasteiger partial charge is 0.410 e. The zero-order valence-electron chi connectivity index (χ0n) is 19.9. The Labute approximate surface area is 207 Å². The van der Waals surface area contributed by atoms with E-state index in [1.807, 2.05) is 39.1 Å². The van der Waals surface area contributed by atoms with E-state index in [1.54, 1.807) is 30.5 Å². The second-order valence-electron chi connectivity index (χ2n) is 9.53. The van der Waals surface area contributed by atoms with E-state index in [0.717, 1.165) is 34.9 Å². The van der Waals surface area contributed by atoms with Gasteiger partial charge in [-0.1, -0.05) is 11.6 Å². The molecule has 1 aliphatic rings. The number of benzene rings is 1. The van der Waals surface area contributed by atoms with E-state index in [0.29, 0.717) is 34.5 Å². The normalized spacial score (nSPS) is 16.0. The largest absolute Gasteiger partial charge is 0.496 e. The summed E-state index contributed by atoms with van der Waals surface area (Å²) in [7, 11) is 0.422. The van der Waals surface area contributed by atoms with E-state index in [1.165, 1.54) is 0 Å². The number of likely N-dealkylation sites (tertiary alicyclic amines) is 1. The topological polar surface area (TPSA) is 84.5 Å². The van der Waals surface area contributed by atoms with Gasteiger partial charge in [0.2, 0.25) is 0 Å². The highest BCUT2D eigenvalue weighted by Gasteiger charge is 2.28. The Morgan fingerprint density at radius 1 is 1.26 bits per heavy atom. The van der Waals surface area contributed by atoms with E-state index in [4.69, 9.17) is 21.1 Å². The lowest BCUT2D eigenvalue weighted by Gasteiger charge is -2.33. The second-order valence-corrected chi connectivity index (χ2v) is 11.4. The van der Waals surface area contributed by atoms with Crippen molar-refractivity contribution in [1.29, 1.82) is 0 Å². The summed E-state index contributed by atoms with van der Waals surface area (Å²) in [5.41, 5.74) is 2.02. The first-order chi connectivity index (χ1) is 16.2. The van der Waals surface area contributed by atoms with Gasteiger partial charge in [-0.2, -0.15) is 0 Å². The molecule has 0 bridgehead atoms. The van der Waals surface area contributed by atoms with Crippen molar-refractivity contribution in [2.24, 2.45) is 5.92 Å². The molecule has 2 aromatic heterocycles. The van der Waals surface area contributed by atoms with Crippen LogP contribution in [0.2, 0.25) is 5.02 Å². The molecule has 0 saturated carbocycles. The van der Waals surface area contributed by atoms with Crippen LogP contribution in [-0.4, -0.2) is 56.7 Å². The number of pyridine rings is 1. The number of halogens is 1. The number of nitrogens with zero attached hydrogens (tertiary/aromatic N) is 2. The number of hydrogen-bond donors (Lipinski definition) is 1. The maximum atomic E-state index is 13.2. The predicted octanol–water partition coefficient (Wildman–Crippen LogP) is 5.65. The van der Waals surface area contributed by atoms with Crippen molar-refractivity contribution in [1.82, 2.24) is 14.9 Å². The number of nitrogens with one attached hydrogen (secondary N) is 1. The number of rotatable bonds is 5. The number of piperidine rings is 1. The number of aromatic amines is 1. The summed E-state index contributed by atoms with van der Waals surface area (Å²) in [5.74, 6) is 1.52. The lowest BCUT2D eigenvalue weighted by molar-refractivity contribution is 0.0191. The van der Waals surface area contributed by atoms with Crippen molar-refractivity contribution >= 4 is 39.4 Å². The van der Waals surface area contributed by atoms with Crippen LogP contribution >= 0.6 is 11.6 Å². The summed E-state index contributed by atoms with van der Waals surface area (Å²) in [4.78, 5) is 22.3. The number of methoxy groups -OCH3 is 1. The molecule has 4 rings (SSSR count). The summed E-state index contributed by atoms with van der Waals surface area (Å²) in [6.45, 7) is 6.83. The van der Waals surface area contributed by atoms with Crippen molar-refractivity contribution in [3.05, 3.63) is 41.8 Å². The number of carbonyl (C=O) groups excluding carboxylic acids is 1. The van der Waals surface area contributed by atoms with Crippen LogP contribution in [0.5, 0.6) is 5.75 Å². The van der Waals surface area contributed by atoms with E-state index >= 15 is 0 Å². The zero-order valence-corrected chi connectivity index (χ0v) is 21.5. The monoisotopic (exact) mass is 503 g/mol. The van der Waals surface area contributed by atoms with Crippen LogP contribution in [0.3, 0.4) is 0 Å². The Bertz CT molecular complexity index is 1210. The van der Waals surface area contributed by atoms with Crippen LogP contribution in [0, 0.1) is 5.92 Å². The fourth-order valence-corrected chi connectivity index (χ4v) is 5.79. The van der Waals surface area contributed by atoms with Crippen LogP contribution in [-0.2, 0) is 15.5 Å². The standard InChI is InChI=1S/C25H30ClN3O4S/c1-25(2,3)33-24(30)29-9-7-16(8-10-29)15-34(31)18-11-17(12-27-13-18)19-14-28-23-20(26)5-6-21(32-4)22(19)23/h5-6,11-14,16,28H,7-10,15H2,1-4H3. The number of aromatic nitrogens is 2. The van der Waals surface area contributed by atoms with E-state index in [-0.39, 0.29) is 12.0 Å². The Balaban J connectivity index is 1.45. The molecule has 34 heavy (non-hydrogen) atoms. The van der Waals surface area contributed by atoms with Gasteiger partial charge in [0.15, 0.2) is 0 Å². The van der Waals surface area contributed by atoms with E-state index < -0.39 is 16.4 Å². The molecule has 1 aromatic carbocycles. The fraction of sp³-hybridized carbons (Fsp3) is 0.440. The lowest BCUT2D eigenvalue weighted by atomic mass is 9.99. The van der Waals surface area contributed by atoms with Gasteiger partial charge in [0, 0.05) is 48.6 Å².